The van der Waals surface area contributed by atoms with E-state index in [0.29, 0.717) is 41.5 Å². The molecule has 0 saturated carbocycles. The summed E-state index contributed by atoms with van der Waals surface area (Å²) in [6.07, 6.45) is 0. The fourth-order valence-electron chi connectivity index (χ4n) is 3.38. The molecule has 3 N–H and O–H groups in total. The SMILES string of the molecule is O=C(NC(=S)Nc1cccc(C(=O)Nc2ccc(F)cc2)c1)c1cccc(OCCOc2ccccc2)c1. The molecule has 0 aromatic heterocycles. The maximum atomic E-state index is 13.1. The first-order valence-electron chi connectivity index (χ1n) is 11.7. The van der Waals surface area contributed by atoms with Crippen molar-refractivity contribution in [1.82, 2.24) is 5.32 Å². The molecule has 0 spiro atoms. The van der Waals surface area contributed by atoms with Crippen molar-refractivity contribution >= 4 is 40.5 Å². The van der Waals surface area contributed by atoms with Crippen LogP contribution in [0.3, 0.4) is 0 Å². The topological polar surface area (TPSA) is 88.7 Å². The van der Waals surface area contributed by atoms with E-state index in [1.54, 1.807) is 48.5 Å². The Labute approximate surface area is 224 Å². The second-order valence-electron chi connectivity index (χ2n) is 7.99. The number of hydrogen-bond donors (Lipinski definition) is 3. The molecule has 0 aliphatic carbocycles. The third-order valence-electron chi connectivity index (χ3n) is 5.17. The van der Waals surface area contributed by atoms with E-state index in [9.17, 15) is 14.0 Å². The molecule has 7 nitrogen and oxygen atoms in total. The number of halogens is 1. The van der Waals surface area contributed by atoms with Gasteiger partial charge in [0.1, 0.15) is 30.5 Å². The van der Waals surface area contributed by atoms with Gasteiger partial charge in [-0.15, -0.1) is 0 Å². The minimum atomic E-state index is -0.418. The molecule has 0 heterocycles. The number of carbonyl (C=O) groups is 2. The number of para-hydroxylation sites is 1. The van der Waals surface area contributed by atoms with Gasteiger partial charge in [0.25, 0.3) is 11.8 Å². The van der Waals surface area contributed by atoms with Gasteiger partial charge in [0.15, 0.2) is 5.11 Å². The standard InChI is InChI=1S/C29H24FN3O4S/c30-22-12-14-23(15-13-22)31-27(34)20-6-4-8-24(18-20)32-29(38)33-28(35)21-7-5-11-26(19-21)37-17-16-36-25-9-2-1-3-10-25/h1-15,18-19H,16-17H2,(H,31,34)(H2,32,33,35,38). The predicted octanol–water partition coefficient (Wildman–Crippen LogP) is 5.66. The van der Waals surface area contributed by atoms with Crippen molar-refractivity contribution in [3.63, 3.8) is 0 Å². The first kappa shape index (κ1) is 26.3. The van der Waals surface area contributed by atoms with Gasteiger partial charge in [0.2, 0.25) is 0 Å². The van der Waals surface area contributed by atoms with Crippen LogP contribution in [0.2, 0.25) is 0 Å². The average Bonchev–Trinajstić information content (AvgIpc) is 2.93. The predicted molar refractivity (Wildman–Crippen MR) is 148 cm³/mol. The number of anilines is 2. The van der Waals surface area contributed by atoms with Gasteiger partial charge in [-0.3, -0.25) is 14.9 Å². The lowest BCUT2D eigenvalue weighted by Crippen LogP contribution is -2.34. The van der Waals surface area contributed by atoms with Gasteiger partial charge in [-0.1, -0.05) is 30.3 Å². The molecule has 4 rings (SSSR count). The Morgan fingerprint density at radius 2 is 1.29 bits per heavy atom. The maximum absolute atomic E-state index is 13.1. The number of rotatable bonds is 9. The number of nitrogens with one attached hydrogen (secondary N) is 3. The van der Waals surface area contributed by atoms with Crippen LogP contribution in [0, 0.1) is 5.82 Å². The highest BCUT2D eigenvalue weighted by molar-refractivity contribution is 7.80. The van der Waals surface area contributed by atoms with Crippen LogP contribution in [-0.2, 0) is 0 Å². The Balaban J connectivity index is 1.27. The van der Waals surface area contributed by atoms with Gasteiger partial charge in [-0.2, -0.15) is 0 Å². The summed E-state index contributed by atoms with van der Waals surface area (Å²) in [6, 6.07) is 28.2. The molecule has 0 unspecified atom stereocenters. The van der Waals surface area contributed by atoms with Gasteiger partial charge < -0.3 is 20.1 Å². The summed E-state index contributed by atoms with van der Waals surface area (Å²) in [5.74, 6) is 0.0923. The van der Waals surface area contributed by atoms with Gasteiger partial charge in [-0.05, 0) is 85.0 Å². The van der Waals surface area contributed by atoms with Crippen LogP contribution < -0.4 is 25.4 Å². The summed E-state index contributed by atoms with van der Waals surface area (Å²) in [5, 5.41) is 8.28. The molecule has 38 heavy (non-hydrogen) atoms. The Bertz CT molecular complexity index is 1420. The van der Waals surface area contributed by atoms with Gasteiger partial charge in [0.05, 0.1) is 0 Å². The zero-order valence-electron chi connectivity index (χ0n) is 20.1. The third kappa shape index (κ3) is 7.87. The Hall–Kier alpha value is -4.76. The van der Waals surface area contributed by atoms with Crippen molar-refractivity contribution in [3.05, 3.63) is 120 Å². The summed E-state index contributed by atoms with van der Waals surface area (Å²) in [7, 11) is 0. The minimum Gasteiger partial charge on any atom is -0.490 e. The molecular formula is C29H24FN3O4S. The summed E-state index contributed by atoms with van der Waals surface area (Å²) >= 11 is 5.28. The number of thiocarbonyl (C=S) groups is 1. The minimum absolute atomic E-state index is 0.0636. The van der Waals surface area contributed by atoms with Crippen LogP contribution in [-0.4, -0.2) is 30.1 Å². The second-order valence-corrected chi connectivity index (χ2v) is 8.40. The zero-order valence-corrected chi connectivity index (χ0v) is 21.0. The smallest absolute Gasteiger partial charge is 0.257 e. The number of benzene rings is 4. The first-order chi connectivity index (χ1) is 18.5. The lowest BCUT2D eigenvalue weighted by atomic mass is 10.2. The van der Waals surface area contributed by atoms with E-state index in [1.807, 2.05) is 30.3 Å². The van der Waals surface area contributed by atoms with Crippen LogP contribution in [0.25, 0.3) is 0 Å². The number of carbonyl (C=O) groups excluding carboxylic acids is 2. The lowest BCUT2D eigenvalue weighted by molar-refractivity contribution is 0.0975. The highest BCUT2D eigenvalue weighted by Crippen LogP contribution is 2.16. The molecule has 192 valence electrons. The molecule has 9 heteroatoms. The normalized spacial score (nSPS) is 10.2. The van der Waals surface area contributed by atoms with Crippen molar-refractivity contribution in [3.8, 4) is 11.5 Å². The van der Waals surface area contributed by atoms with Gasteiger partial charge in [0, 0.05) is 22.5 Å². The van der Waals surface area contributed by atoms with E-state index in [0.717, 1.165) is 5.75 Å². The van der Waals surface area contributed by atoms with Gasteiger partial charge >= 0.3 is 0 Å². The molecule has 0 saturated heterocycles. The fourth-order valence-corrected chi connectivity index (χ4v) is 3.59. The van der Waals surface area contributed by atoms with Crippen LogP contribution in [0.1, 0.15) is 20.7 Å². The Morgan fingerprint density at radius 1 is 0.658 bits per heavy atom. The Morgan fingerprint density at radius 3 is 2.03 bits per heavy atom. The van der Waals surface area contributed by atoms with E-state index in [2.05, 4.69) is 16.0 Å². The summed E-state index contributed by atoms with van der Waals surface area (Å²) in [5.41, 5.74) is 1.70. The van der Waals surface area contributed by atoms with E-state index in [4.69, 9.17) is 21.7 Å². The highest BCUT2D eigenvalue weighted by atomic mass is 32.1. The highest BCUT2D eigenvalue weighted by Gasteiger charge is 2.11. The molecule has 0 aliphatic heterocycles. The fraction of sp³-hybridized carbons (Fsp3) is 0.0690. The van der Waals surface area contributed by atoms with Crippen molar-refractivity contribution < 1.29 is 23.5 Å². The third-order valence-corrected chi connectivity index (χ3v) is 5.38. The summed E-state index contributed by atoms with van der Waals surface area (Å²) in [6.45, 7) is 0.667. The Kier molecular flexibility index (Phi) is 8.98. The zero-order chi connectivity index (χ0) is 26.7. The molecule has 0 fully saturated rings. The average molecular weight is 530 g/mol. The molecular weight excluding hydrogens is 505 g/mol. The number of amides is 2. The summed E-state index contributed by atoms with van der Waals surface area (Å²) < 4.78 is 24.4. The summed E-state index contributed by atoms with van der Waals surface area (Å²) in [4.78, 5) is 25.2. The molecule has 2 amide bonds. The van der Waals surface area contributed by atoms with Crippen LogP contribution in [0.5, 0.6) is 11.5 Å². The van der Waals surface area contributed by atoms with E-state index in [1.165, 1.54) is 24.3 Å². The lowest BCUT2D eigenvalue weighted by Gasteiger charge is -2.12. The number of ether oxygens (including phenoxy) is 2. The quantitative estimate of drug-likeness (QED) is 0.192. The second kappa shape index (κ2) is 13.0. The van der Waals surface area contributed by atoms with Crippen molar-refractivity contribution in [1.29, 1.82) is 0 Å². The molecule has 4 aromatic carbocycles. The van der Waals surface area contributed by atoms with E-state index >= 15 is 0 Å². The van der Waals surface area contributed by atoms with Crippen molar-refractivity contribution in [2.75, 3.05) is 23.8 Å². The molecule has 0 radical (unpaired) electrons. The van der Waals surface area contributed by atoms with Crippen LogP contribution in [0.15, 0.2) is 103 Å². The first-order valence-corrected chi connectivity index (χ1v) is 12.1. The molecule has 0 aliphatic rings. The monoisotopic (exact) mass is 529 g/mol. The maximum Gasteiger partial charge on any atom is 0.257 e. The number of hydrogen-bond acceptors (Lipinski definition) is 5. The largest absolute Gasteiger partial charge is 0.490 e. The molecule has 4 aromatic rings. The van der Waals surface area contributed by atoms with Crippen molar-refractivity contribution in [2.24, 2.45) is 0 Å². The van der Waals surface area contributed by atoms with Gasteiger partial charge in [-0.25, -0.2) is 4.39 Å². The molecule has 0 bridgehead atoms. The van der Waals surface area contributed by atoms with Crippen LogP contribution in [0.4, 0.5) is 15.8 Å². The van der Waals surface area contributed by atoms with Crippen molar-refractivity contribution in [2.45, 2.75) is 0 Å². The van der Waals surface area contributed by atoms with E-state index in [-0.39, 0.29) is 11.0 Å². The molecule has 0 atom stereocenters. The van der Waals surface area contributed by atoms with Crippen LogP contribution >= 0.6 is 12.2 Å². The van der Waals surface area contributed by atoms with E-state index < -0.39 is 11.7 Å².